The van der Waals surface area contributed by atoms with Crippen molar-refractivity contribution < 1.29 is 0 Å². The Morgan fingerprint density at radius 3 is 2.38 bits per heavy atom. The second kappa shape index (κ2) is 3.49. The van der Waals surface area contributed by atoms with Crippen molar-refractivity contribution in [2.24, 2.45) is 0 Å². The number of hydrogen-bond donors (Lipinski definition) is 1. The molecule has 0 bridgehead atoms. The second-order valence-electron chi connectivity index (χ2n) is 3.92. The Balaban J connectivity index is 2.11. The van der Waals surface area contributed by atoms with E-state index >= 15 is 0 Å². The molecule has 0 radical (unpaired) electrons. The average Bonchev–Trinajstić information content (AvgIpc) is 2.69. The maximum Gasteiger partial charge on any atom is 0.0654 e. The summed E-state index contributed by atoms with van der Waals surface area (Å²) >= 11 is 0. The molecule has 0 saturated heterocycles. The number of fused-ring (bicyclic) bond motifs is 1. The number of benzene rings is 2. The fraction of sp³-hybridized carbons (Fsp3) is 0.0714. The maximum absolute atomic E-state index is 7.97. The molecule has 0 fully saturated rings. The Hall–Kier alpha value is -2.09. The highest BCUT2D eigenvalue weighted by Gasteiger charge is 2.23. The molecule has 0 atom stereocenters. The van der Waals surface area contributed by atoms with Crippen LogP contribution in [0, 0.1) is 5.41 Å². The van der Waals surface area contributed by atoms with Gasteiger partial charge in [0.1, 0.15) is 0 Å². The highest BCUT2D eigenvalue weighted by Crippen LogP contribution is 2.33. The lowest BCUT2D eigenvalue weighted by atomic mass is 10.1. The fourth-order valence-electron chi connectivity index (χ4n) is 2.13. The van der Waals surface area contributed by atoms with Gasteiger partial charge in [-0.2, -0.15) is 0 Å². The average molecular weight is 208 g/mol. The Morgan fingerprint density at radius 1 is 0.875 bits per heavy atom. The van der Waals surface area contributed by atoms with Crippen LogP contribution in [0.15, 0.2) is 54.6 Å². The van der Waals surface area contributed by atoms with E-state index < -0.39 is 0 Å². The smallest absolute Gasteiger partial charge is 0.0654 e. The zero-order chi connectivity index (χ0) is 11.0. The van der Waals surface area contributed by atoms with Gasteiger partial charge in [0.2, 0.25) is 0 Å². The van der Waals surface area contributed by atoms with E-state index in [2.05, 4.69) is 23.1 Å². The predicted molar refractivity (Wildman–Crippen MR) is 66.7 cm³/mol. The van der Waals surface area contributed by atoms with Gasteiger partial charge in [-0.15, -0.1) is 0 Å². The zero-order valence-electron chi connectivity index (χ0n) is 8.85. The van der Waals surface area contributed by atoms with Crippen molar-refractivity contribution in [1.82, 2.24) is 0 Å². The summed E-state index contributed by atoms with van der Waals surface area (Å²) in [5.41, 5.74) is 4.03. The number of nitrogens with one attached hydrogen (secondary N) is 1. The largest absolute Gasteiger partial charge is 0.335 e. The summed E-state index contributed by atoms with van der Waals surface area (Å²) in [6.07, 6.45) is 0. The third-order valence-corrected chi connectivity index (χ3v) is 2.90. The van der Waals surface area contributed by atoms with Crippen LogP contribution in [0.5, 0.6) is 0 Å². The van der Waals surface area contributed by atoms with Crippen molar-refractivity contribution in [3.8, 4) is 0 Å². The van der Waals surface area contributed by atoms with E-state index in [9.17, 15) is 0 Å². The summed E-state index contributed by atoms with van der Waals surface area (Å²) in [7, 11) is 0. The van der Waals surface area contributed by atoms with Crippen LogP contribution in [-0.4, -0.2) is 12.3 Å². The molecule has 0 aromatic heterocycles. The first-order valence-corrected chi connectivity index (χ1v) is 5.36. The first-order valence-electron chi connectivity index (χ1n) is 5.36. The standard InChI is InChI=1S/C14H12N2/c15-13-10-16(11-6-2-1-3-7-11)14-9-5-4-8-12(13)14/h1-9,15H,10H2. The molecule has 0 aliphatic carbocycles. The van der Waals surface area contributed by atoms with E-state index in [4.69, 9.17) is 5.41 Å². The van der Waals surface area contributed by atoms with Gasteiger partial charge >= 0.3 is 0 Å². The van der Waals surface area contributed by atoms with Gasteiger partial charge in [0.25, 0.3) is 0 Å². The molecule has 78 valence electrons. The zero-order valence-corrected chi connectivity index (χ0v) is 8.85. The van der Waals surface area contributed by atoms with E-state index in [-0.39, 0.29) is 0 Å². The number of anilines is 2. The first kappa shape index (κ1) is 9.16. The van der Waals surface area contributed by atoms with Crippen molar-refractivity contribution in [2.45, 2.75) is 0 Å². The molecular weight excluding hydrogens is 196 g/mol. The Bertz CT molecular complexity index is 531. The number of nitrogens with zero attached hydrogens (tertiary/aromatic N) is 1. The lowest BCUT2D eigenvalue weighted by Gasteiger charge is -2.18. The topological polar surface area (TPSA) is 27.1 Å². The minimum Gasteiger partial charge on any atom is -0.335 e. The van der Waals surface area contributed by atoms with E-state index in [1.54, 1.807) is 0 Å². The van der Waals surface area contributed by atoms with Crippen molar-refractivity contribution in [2.75, 3.05) is 11.4 Å². The summed E-state index contributed by atoms with van der Waals surface area (Å²) in [5, 5.41) is 7.97. The lowest BCUT2D eigenvalue weighted by molar-refractivity contribution is 1.16. The molecule has 0 spiro atoms. The summed E-state index contributed by atoms with van der Waals surface area (Å²) in [4.78, 5) is 2.18. The normalized spacial score (nSPS) is 14.0. The van der Waals surface area contributed by atoms with Gasteiger partial charge < -0.3 is 10.3 Å². The lowest BCUT2D eigenvalue weighted by Crippen LogP contribution is -2.15. The van der Waals surface area contributed by atoms with Crippen LogP contribution in [-0.2, 0) is 0 Å². The van der Waals surface area contributed by atoms with Crippen LogP contribution in [0.1, 0.15) is 5.56 Å². The molecule has 16 heavy (non-hydrogen) atoms. The molecule has 2 nitrogen and oxygen atoms in total. The van der Waals surface area contributed by atoms with Crippen molar-refractivity contribution in [1.29, 1.82) is 5.41 Å². The van der Waals surface area contributed by atoms with Gasteiger partial charge in [-0.3, -0.25) is 0 Å². The van der Waals surface area contributed by atoms with E-state index in [0.29, 0.717) is 12.3 Å². The van der Waals surface area contributed by atoms with Crippen molar-refractivity contribution in [3.05, 3.63) is 60.2 Å². The molecule has 1 aliphatic heterocycles. The van der Waals surface area contributed by atoms with Gasteiger partial charge in [0.15, 0.2) is 0 Å². The highest BCUT2D eigenvalue weighted by molar-refractivity contribution is 6.11. The third-order valence-electron chi connectivity index (χ3n) is 2.90. The third kappa shape index (κ3) is 1.31. The molecule has 0 amide bonds. The second-order valence-corrected chi connectivity index (χ2v) is 3.92. The number of rotatable bonds is 1. The molecule has 1 N–H and O–H groups in total. The van der Waals surface area contributed by atoms with Crippen LogP contribution in [0.4, 0.5) is 11.4 Å². The number of hydrogen-bond acceptors (Lipinski definition) is 2. The van der Waals surface area contributed by atoms with E-state index in [1.165, 1.54) is 0 Å². The molecular formula is C14H12N2. The van der Waals surface area contributed by atoms with E-state index in [1.807, 2.05) is 36.4 Å². The molecule has 1 heterocycles. The molecule has 2 aromatic carbocycles. The van der Waals surface area contributed by atoms with Crippen LogP contribution in [0.25, 0.3) is 0 Å². The Kier molecular flexibility index (Phi) is 2.00. The maximum atomic E-state index is 7.97. The molecule has 3 rings (SSSR count). The predicted octanol–water partition coefficient (Wildman–Crippen LogP) is 3.21. The summed E-state index contributed by atoms with van der Waals surface area (Å²) in [5.74, 6) is 0. The van der Waals surface area contributed by atoms with Crippen molar-refractivity contribution in [3.63, 3.8) is 0 Å². The summed E-state index contributed by atoms with van der Waals surface area (Å²) in [6.45, 7) is 0.670. The van der Waals surface area contributed by atoms with Crippen LogP contribution < -0.4 is 4.90 Å². The van der Waals surface area contributed by atoms with Crippen LogP contribution >= 0.6 is 0 Å². The Labute approximate surface area is 94.7 Å². The minimum absolute atomic E-state index is 0.670. The van der Waals surface area contributed by atoms with Crippen molar-refractivity contribution >= 4 is 17.1 Å². The molecule has 2 aromatic rings. The molecule has 0 unspecified atom stereocenters. The van der Waals surface area contributed by atoms with Gasteiger partial charge in [-0.25, -0.2) is 0 Å². The van der Waals surface area contributed by atoms with Gasteiger partial charge in [-0.1, -0.05) is 36.4 Å². The Morgan fingerprint density at radius 2 is 1.56 bits per heavy atom. The monoisotopic (exact) mass is 208 g/mol. The van der Waals surface area contributed by atoms with Crippen LogP contribution in [0.3, 0.4) is 0 Å². The molecule has 0 saturated carbocycles. The van der Waals surface area contributed by atoms with E-state index in [0.717, 1.165) is 16.9 Å². The van der Waals surface area contributed by atoms with Gasteiger partial charge in [0.05, 0.1) is 17.9 Å². The fourth-order valence-corrected chi connectivity index (χ4v) is 2.13. The molecule has 2 heteroatoms. The van der Waals surface area contributed by atoms with Gasteiger partial charge in [0, 0.05) is 11.3 Å². The minimum atomic E-state index is 0.670. The highest BCUT2D eigenvalue weighted by atomic mass is 15.2. The molecule has 1 aliphatic rings. The first-order chi connectivity index (χ1) is 7.86. The summed E-state index contributed by atoms with van der Waals surface area (Å²) in [6, 6.07) is 18.3. The van der Waals surface area contributed by atoms with Crippen LogP contribution in [0.2, 0.25) is 0 Å². The summed E-state index contributed by atoms with van der Waals surface area (Å²) < 4.78 is 0. The number of para-hydroxylation sites is 2. The SMILES string of the molecule is N=C1CN(c2ccccc2)c2ccccc21. The van der Waals surface area contributed by atoms with Gasteiger partial charge in [-0.05, 0) is 18.2 Å². The quantitative estimate of drug-likeness (QED) is 0.765.